The predicted molar refractivity (Wildman–Crippen MR) is 82.3 cm³/mol. The topological polar surface area (TPSA) is 54.5 Å². The Bertz CT molecular complexity index is 746. The van der Waals surface area contributed by atoms with Crippen LogP contribution in [0.25, 0.3) is 0 Å². The summed E-state index contributed by atoms with van der Waals surface area (Å²) in [6.45, 7) is 0. The second kappa shape index (κ2) is 5.75. The quantitative estimate of drug-likeness (QED) is 0.814. The molecule has 1 unspecified atom stereocenters. The second-order valence-electron chi connectivity index (χ2n) is 6.60. The average Bonchev–Trinajstić information content (AvgIpc) is 2.74. The van der Waals surface area contributed by atoms with Crippen molar-refractivity contribution in [3.05, 3.63) is 35.4 Å². The molecule has 0 N–H and O–H groups in total. The molecular weight excluding hydrogens is 343 g/mol. The SMILES string of the molecule is CS(=O)(=O)C1C[C@H]2CC[C@@H](C1)N2C(=O)c1cccc(C(F)(F)F)c1. The van der Waals surface area contributed by atoms with Crippen molar-refractivity contribution in [2.45, 2.75) is 49.2 Å². The zero-order chi connectivity index (χ0) is 17.7. The number of hydrogen-bond acceptors (Lipinski definition) is 3. The van der Waals surface area contributed by atoms with Crippen molar-refractivity contribution in [3.8, 4) is 0 Å². The van der Waals surface area contributed by atoms with Crippen LogP contribution in [0.3, 0.4) is 0 Å². The molecule has 0 aliphatic carbocycles. The van der Waals surface area contributed by atoms with Crippen molar-refractivity contribution in [2.75, 3.05) is 6.26 Å². The summed E-state index contributed by atoms with van der Waals surface area (Å²) in [7, 11) is -3.18. The van der Waals surface area contributed by atoms with Gasteiger partial charge in [0.05, 0.1) is 10.8 Å². The van der Waals surface area contributed by atoms with E-state index in [1.165, 1.54) is 18.4 Å². The molecule has 2 heterocycles. The Morgan fingerprint density at radius 1 is 1.17 bits per heavy atom. The van der Waals surface area contributed by atoms with Gasteiger partial charge in [0.15, 0.2) is 0 Å². The molecule has 1 aromatic carbocycles. The fourth-order valence-electron chi connectivity index (χ4n) is 3.79. The van der Waals surface area contributed by atoms with Crippen molar-refractivity contribution in [1.82, 2.24) is 4.90 Å². The number of amides is 1. The molecule has 2 fully saturated rings. The lowest BCUT2D eigenvalue weighted by molar-refractivity contribution is -0.137. The van der Waals surface area contributed by atoms with E-state index in [9.17, 15) is 26.4 Å². The Morgan fingerprint density at radius 2 is 1.75 bits per heavy atom. The van der Waals surface area contributed by atoms with E-state index >= 15 is 0 Å². The first kappa shape index (κ1) is 17.3. The molecule has 2 aliphatic rings. The number of rotatable bonds is 2. The maximum Gasteiger partial charge on any atom is 0.416 e. The Morgan fingerprint density at radius 3 is 2.25 bits per heavy atom. The lowest BCUT2D eigenvalue weighted by Gasteiger charge is -2.38. The van der Waals surface area contributed by atoms with Gasteiger partial charge in [0, 0.05) is 23.9 Å². The maximum atomic E-state index is 12.8. The summed E-state index contributed by atoms with van der Waals surface area (Å²) in [5.74, 6) is -0.444. The molecule has 2 saturated heterocycles. The lowest BCUT2D eigenvalue weighted by atomic mass is 10.00. The number of carbonyl (C=O) groups excluding carboxylic acids is 1. The van der Waals surface area contributed by atoms with Gasteiger partial charge in [-0.05, 0) is 43.9 Å². The molecule has 4 nitrogen and oxygen atoms in total. The van der Waals surface area contributed by atoms with Gasteiger partial charge in [-0.1, -0.05) is 6.07 Å². The molecule has 132 valence electrons. The molecule has 0 aromatic heterocycles. The molecule has 3 rings (SSSR count). The Hall–Kier alpha value is -1.57. The van der Waals surface area contributed by atoms with Gasteiger partial charge in [0.2, 0.25) is 0 Å². The number of nitrogens with zero attached hydrogens (tertiary/aromatic N) is 1. The third-order valence-corrected chi connectivity index (χ3v) is 6.56. The Kier molecular flexibility index (Phi) is 4.14. The highest BCUT2D eigenvalue weighted by Crippen LogP contribution is 2.39. The molecule has 0 saturated carbocycles. The fourth-order valence-corrected chi connectivity index (χ4v) is 4.93. The number of hydrogen-bond donors (Lipinski definition) is 0. The van der Waals surface area contributed by atoms with Crippen LogP contribution < -0.4 is 0 Å². The first-order valence-electron chi connectivity index (χ1n) is 7.76. The number of benzene rings is 1. The van der Waals surface area contributed by atoms with Gasteiger partial charge in [-0.25, -0.2) is 8.42 Å². The number of piperidine rings is 1. The second-order valence-corrected chi connectivity index (χ2v) is 8.92. The maximum absolute atomic E-state index is 12.8. The van der Waals surface area contributed by atoms with Crippen LogP contribution in [0.1, 0.15) is 41.6 Å². The standard InChI is InChI=1S/C16H18F3NO3S/c1-24(22,23)14-8-12-5-6-13(9-14)20(12)15(21)10-3-2-4-11(7-10)16(17,18)19/h2-4,7,12-14H,5-6,8-9H2,1H3/t12-,13+,14?. The van der Waals surface area contributed by atoms with E-state index < -0.39 is 32.7 Å². The zero-order valence-corrected chi connectivity index (χ0v) is 13.9. The molecule has 0 spiro atoms. The number of fused-ring (bicyclic) bond motifs is 2. The van der Waals surface area contributed by atoms with Gasteiger partial charge >= 0.3 is 6.18 Å². The molecule has 0 radical (unpaired) electrons. The van der Waals surface area contributed by atoms with E-state index in [1.54, 1.807) is 4.90 Å². The highest BCUT2D eigenvalue weighted by atomic mass is 32.2. The zero-order valence-electron chi connectivity index (χ0n) is 13.1. The van der Waals surface area contributed by atoms with Gasteiger partial charge in [0.1, 0.15) is 9.84 Å². The summed E-state index contributed by atoms with van der Waals surface area (Å²) in [4.78, 5) is 14.3. The average molecular weight is 361 g/mol. The Labute approximate surface area is 138 Å². The number of alkyl halides is 3. The summed E-state index contributed by atoms with van der Waals surface area (Å²) in [6, 6.07) is 3.96. The third-order valence-electron chi connectivity index (χ3n) is 4.97. The predicted octanol–water partition coefficient (Wildman–Crippen LogP) is 2.89. The molecule has 24 heavy (non-hydrogen) atoms. The van der Waals surface area contributed by atoms with E-state index in [0.29, 0.717) is 25.7 Å². The molecule has 1 amide bonds. The van der Waals surface area contributed by atoms with Crippen molar-refractivity contribution in [3.63, 3.8) is 0 Å². The summed E-state index contributed by atoms with van der Waals surface area (Å²) in [5.41, 5.74) is -0.855. The van der Waals surface area contributed by atoms with Crippen molar-refractivity contribution in [2.24, 2.45) is 0 Å². The van der Waals surface area contributed by atoms with Crippen LogP contribution in [0.5, 0.6) is 0 Å². The van der Waals surface area contributed by atoms with Crippen molar-refractivity contribution < 1.29 is 26.4 Å². The minimum Gasteiger partial charge on any atom is -0.333 e. The summed E-state index contributed by atoms with van der Waals surface area (Å²) < 4.78 is 62.0. The van der Waals surface area contributed by atoms with Gasteiger partial charge in [0.25, 0.3) is 5.91 Å². The summed E-state index contributed by atoms with van der Waals surface area (Å²) >= 11 is 0. The van der Waals surface area contributed by atoms with E-state index in [2.05, 4.69) is 0 Å². The van der Waals surface area contributed by atoms with Gasteiger partial charge in [-0.15, -0.1) is 0 Å². The molecule has 1 aromatic rings. The minimum absolute atomic E-state index is 0.000435. The normalized spacial score (nSPS) is 27.3. The van der Waals surface area contributed by atoms with Crippen molar-refractivity contribution in [1.29, 1.82) is 0 Å². The first-order chi connectivity index (χ1) is 11.1. The minimum atomic E-state index is -4.50. The fraction of sp³-hybridized carbons (Fsp3) is 0.562. The van der Waals surface area contributed by atoms with Crippen LogP contribution in [0.2, 0.25) is 0 Å². The molecule has 3 atom stereocenters. The highest BCUT2D eigenvalue weighted by molar-refractivity contribution is 7.91. The van der Waals surface area contributed by atoms with Crippen LogP contribution >= 0.6 is 0 Å². The summed E-state index contributed by atoms with van der Waals surface area (Å²) in [6.07, 6.45) is -1.19. The van der Waals surface area contributed by atoms with Crippen molar-refractivity contribution >= 4 is 15.7 Å². The van der Waals surface area contributed by atoms with E-state index in [1.807, 2.05) is 0 Å². The van der Waals surface area contributed by atoms with E-state index in [4.69, 9.17) is 0 Å². The molecule has 2 bridgehead atoms. The molecule has 8 heteroatoms. The van der Waals surface area contributed by atoms with Gasteiger partial charge in [-0.2, -0.15) is 13.2 Å². The lowest BCUT2D eigenvalue weighted by Crippen LogP contribution is -2.49. The first-order valence-corrected chi connectivity index (χ1v) is 9.71. The number of halogens is 3. The third kappa shape index (κ3) is 3.16. The van der Waals surface area contributed by atoms with Crippen LogP contribution in [0, 0.1) is 0 Å². The number of sulfone groups is 1. The van der Waals surface area contributed by atoms with Crippen LogP contribution in [-0.2, 0) is 16.0 Å². The molecule has 2 aliphatic heterocycles. The van der Waals surface area contributed by atoms with E-state index in [-0.39, 0.29) is 17.6 Å². The highest BCUT2D eigenvalue weighted by Gasteiger charge is 2.46. The van der Waals surface area contributed by atoms with Gasteiger partial charge < -0.3 is 4.90 Å². The van der Waals surface area contributed by atoms with Crippen LogP contribution in [-0.4, -0.2) is 42.8 Å². The van der Waals surface area contributed by atoms with Crippen LogP contribution in [0.4, 0.5) is 13.2 Å². The van der Waals surface area contributed by atoms with Gasteiger partial charge in [-0.3, -0.25) is 4.79 Å². The monoisotopic (exact) mass is 361 g/mol. The molecular formula is C16H18F3NO3S. The smallest absolute Gasteiger partial charge is 0.333 e. The largest absolute Gasteiger partial charge is 0.416 e. The van der Waals surface area contributed by atoms with E-state index in [0.717, 1.165) is 12.1 Å². The Balaban J connectivity index is 1.85. The summed E-state index contributed by atoms with van der Waals surface area (Å²) in [5, 5.41) is -0.472. The van der Waals surface area contributed by atoms with Crippen LogP contribution in [0.15, 0.2) is 24.3 Å². The number of carbonyl (C=O) groups is 1.